The molecule has 328 valence electrons. The summed E-state index contributed by atoms with van der Waals surface area (Å²) in [4.78, 5) is 58.9. The molecule has 2 aliphatic heterocycles. The Morgan fingerprint density at radius 3 is 1.92 bits per heavy atom. The Morgan fingerprint density at radius 2 is 1.40 bits per heavy atom. The average Bonchev–Trinajstić information content (AvgIpc) is 3.20. The van der Waals surface area contributed by atoms with Crippen LogP contribution in [0.25, 0.3) is 0 Å². The van der Waals surface area contributed by atoms with Crippen LogP contribution in [0.4, 0.5) is 21.0 Å². The predicted octanol–water partition coefficient (Wildman–Crippen LogP) is 0.0777. The summed E-state index contributed by atoms with van der Waals surface area (Å²) in [5, 5.41) is 66.6. The fourth-order valence-electron chi connectivity index (χ4n) is 6.95. The molecule has 1 saturated heterocycles. The van der Waals surface area contributed by atoms with Crippen LogP contribution in [0.5, 0.6) is 0 Å². The second-order valence-electron chi connectivity index (χ2n) is 14.7. The van der Waals surface area contributed by atoms with E-state index in [-0.39, 0.29) is 62.2 Å². The fourth-order valence-corrected chi connectivity index (χ4v) is 6.95. The Hall–Kier alpha value is -5.53. The van der Waals surface area contributed by atoms with Gasteiger partial charge in [-0.3, -0.25) is 25.0 Å². The predicted molar refractivity (Wildman–Crippen MR) is 204 cm³/mol. The monoisotopic (exact) mass is 847 g/mol. The molecule has 0 bridgehead atoms. The van der Waals surface area contributed by atoms with E-state index in [4.69, 9.17) is 34.2 Å². The van der Waals surface area contributed by atoms with Crippen LogP contribution in [0.1, 0.15) is 37.8 Å². The van der Waals surface area contributed by atoms with Gasteiger partial charge in [0.15, 0.2) is 6.29 Å². The van der Waals surface area contributed by atoms with Crippen LogP contribution in [0.15, 0.2) is 60.4 Å². The SMILES string of the molecule is CN[C@@H]1[C@@H](O)[C@@H](O[C@@H]2[C@@H](O)[C@H](O[C@H]3OC(CNC(C)=O)=CC[C@H]3NC(=O)OCc3ccc([N+](=O)[O-])cc3)[C@@H](NC(=O)OCc3ccc([N+](=O)[O-])cc3)C[C@H]2N)OC[C@]1(C)O. The molecule has 11 atom stereocenters. The Labute approximate surface area is 342 Å². The molecular weight excluding hydrogens is 798 g/mol. The van der Waals surface area contributed by atoms with Crippen molar-refractivity contribution >= 4 is 29.5 Å². The van der Waals surface area contributed by atoms with Crippen LogP contribution in [0.3, 0.4) is 0 Å². The van der Waals surface area contributed by atoms with E-state index in [1.54, 1.807) is 6.08 Å². The van der Waals surface area contributed by atoms with Gasteiger partial charge in [-0.2, -0.15) is 0 Å². The number of rotatable bonds is 15. The molecule has 2 fully saturated rings. The number of carbonyl (C=O) groups is 3. The second kappa shape index (κ2) is 20.2. The number of ether oxygens (including phenoxy) is 6. The number of aliphatic hydroxyl groups excluding tert-OH is 2. The minimum atomic E-state index is -1.69. The molecule has 2 aromatic rings. The van der Waals surface area contributed by atoms with E-state index in [1.807, 2.05) is 0 Å². The number of nitro groups is 2. The number of non-ortho nitro benzene ring substituents is 2. The fraction of sp³-hybridized carbons (Fsp3) is 0.541. The van der Waals surface area contributed by atoms with Crippen molar-refractivity contribution in [3.63, 3.8) is 0 Å². The van der Waals surface area contributed by atoms with Crippen molar-refractivity contribution in [3.8, 4) is 0 Å². The van der Waals surface area contributed by atoms with Gasteiger partial charge in [0.25, 0.3) is 11.4 Å². The molecule has 3 aliphatic rings. The lowest BCUT2D eigenvalue weighted by atomic mass is 9.83. The summed E-state index contributed by atoms with van der Waals surface area (Å²) in [7, 11) is 1.53. The lowest BCUT2D eigenvalue weighted by Crippen LogP contribution is -2.69. The Kier molecular flexibility index (Phi) is 15.3. The third-order valence-corrected chi connectivity index (χ3v) is 10.1. The summed E-state index contributed by atoms with van der Waals surface area (Å²) in [6.07, 6.45) is -9.04. The van der Waals surface area contributed by atoms with E-state index < -0.39 is 88.8 Å². The number of alkyl carbamates (subject to hydrolysis) is 2. The first-order valence-electron chi connectivity index (χ1n) is 18.8. The standard InChI is InChI=1S/C37H49N7O16/c1-19(45)40-15-24-12-13-26(41-35(48)55-16-20-4-8-22(9-5-20)43(51)52)33(58-24)60-31-27(42-36(49)56-17-21-6-10-23(11-7-21)44(53)54)14-25(38)30(28(31)46)59-34-29(47)32(39-3)37(2,50)18-57-34/h4-12,25-34,39,46-47,50H,13-18,38H2,1-3H3,(H,40,45)(H,41,48)(H,42,49)/t25-,26-,27+,28-,29-,30+,31-,32-,33-,34-,37+/m1/s1. The minimum Gasteiger partial charge on any atom is -0.465 e. The summed E-state index contributed by atoms with van der Waals surface area (Å²) in [5.41, 5.74) is 5.63. The number of hydrogen-bond acceptors (Lipinski definition) is 18. The highest BCUT2D eigenvalue weighted by Gasteiger charge is 2.52. The maximum absolute atomic E-state index is 13.2. The van der Waals surface area contributed by atoms with E-state index in [1.165, 1.54) is 69.4 Å². The second-order valence-corrected chi connectivity index (χ2v) is 14.7. The van der Waals surface area contributed by atoms with Crippen LogP contribution in [0.2, 0.25) is 0 Å². The van der Waals surface area contributed by atoms with Crippen LogP contribution in [-0.2, 0) is 46.4 Å². The van der Waals surface area contributed by atoms with Crippen molar-refractivity contribution in [1.82, 2.24) is 21.3 Å². The van der Waals surface area contributed by atoms with Crippen molar-refractivity contribution in [2.24, 2.45) is 5.73 Å². The number of nitro benzene ring substituents is 2. The van der Waals surface area contributed by atoms with Crippen molar-refractivity contribution in [2.75, 3.05) is 20.2 Å². The van der Waals surface area contributed by atoms with Gasteiger partial charge in [0.05, 0.1) is 41.1 Å². The summed E-state index contributed by atoms with van der Waals surface area (Å²) >= 11 is 0. The number of nitrogens with one attached hydrogen (secondary N) is 4. The molecule has 1 saturated carbocycles. The molecule has 23 nitrogen and oxygen atoms in total. The number of nitrogens with two attached hydrogens (primary N) is 1. The summed E-state index contributed by atoms with van der Waals surface area (Å²) < 4.78 is 34.9. The van der Waals surface area contributed by atoms with E-state index in [2.05, 4.69) is 21.3 Å². The smallest absolute Gasteiger partial charge is 0.407 e. The van der Waals surface area contributed by atoms with Crippen molar-refractivity contribution < 1.29 is 68.0 Å². The summed E-state index contributed by atoms with van der Waals surface area (Å²) in [5.74, 6) is -0.132. The summed E-state index contributed by atoms with van der Waals surface area (Å²) in [6, 6.07) is 6.63. The number of likely N-dealkylation sites (N-methyl/N-ethyl adjacent to an activating group) is 1. The molecule has 0 unspecified atom stereocenters. The van der Waals surface area contributed by atoms with Gasteiger partial charge in [-0.1, -0.05) is 0 Å². The Balaban J connectivity index is 1.36. The molecule has 3 amide bonds. The van der Waals surface area contributed by atoms with Gasteiger partial charge in [0.1, 0.15) is 49.0 Å². The first-order valence-corrected chi connectivity index (χ1v) is 18.8. The topological polar surface area (TPSA) is 328 Å². The van der Waals surface area contributed by atoms with Crippen LogP contribution < -0.4 is 27.0 Å². The van der Waals surface area contributed by atoms with Crippen LogP contribution in [-0.4, -0.2) is 130 Å². The Bertz CT molecular complexity index is 1870. The number of aliphatic hydroxyl groups is 3. The molecule has 9 N–H and O–H groups in total. The number of benzene rings is 2. The highest BCUT2D eigenvalue weighted by molar-refractivity contribution is 5.73. The zero-order valence-corrected chi connectivity index (χ0v) is 32.8. The molecule has 1 aliphatic carbocycles. The zero-order chi connectivity index (χ0) is 43.7. The van der Waals surface area contributed by atoms with E-state index in [9.17, 15) is 49.9 Å². The van der Waals surface area contributed by atoms with Gasteiger partial charge >= 0.3 is 12.2 Å². The van der Waals surface area contributed by atoms with Gasteiger partial charge in [0.2, 0.25) is 12.2 Å². The van der Waals surface area contributed by atoms with E-state index in [0.717, 1.165) is 0 Å². The van der Waals surface area contributed by atoms with Crippen molar-refractivity contribution in [2.45, 2.75) is 107 Å². The first-order chi connectivity index (χ1) is 28.4. The van der Waals surface area contributed by atoms with Crippen LogP contribution in [0, 0.1) is 20.2 Å². The maximum Gasteiger partial charge on any atom is 0.407 e. The Morgan fingerprint density at radius 1 is 0.867 bits per heavy atom. The van der Waals surface area contributed by atoms with Crippen molar-refractivity contribution in [3.05, 3.63) is 91.7 Å². The van der Waals surface area contributed by atoms with Gasteiger partial charge in [-0.15, -0.1) is 0 Å². The average molecular weight is 848 g/mol. The molecular formula is C37H49N7O16. The number of nitrogens with zero attached hydrogens (tertiary/aromatic N) is 2. The number of hydrogen-bond donors (Lipinski definition) is 8. The first kappa shape index (κ1) is 45.6. The third kappa shape index (κ3) is 11.8. The quantitative estimate of drug-likeness (QED) is 0.0869. The lowest BCUT2D eigenvalue weighted by Gasteiger charge is -2.48. The van der Waals surface area contributed by atoms with Gasteiger partial charge < -0.3 is 70.7 Å². The van der Waals surface area contributed by atoms with E-state index in [0.29, 0.717) is 11.1 Å². The highest BCUT2D eigenvalue weighted by atomic mass is 16.7. The van der Waals surface area contributed by atoms with Crippen molar-refractivity contribution in [1.29, 1.82) is 0 Å². The third-order valence-electron chi connectivity index (χ3n) is 10.1. The molecule has 0 radical (unpaired) electrons. The molecule has 0 aromatic heterocycles. The largest absolute Gasteiger partial charge is 0.465 e. The van der Waals surface area contributed by atoms with Gasteiger partial charge in [0, 0.05) is 37.2 Å². The molecule has 60 heavy (non-hydrogen) atoms. The summed E-state index contributed by atoms with van der Waals surface area (Å²) in [6.45, 7) is 1.90. The number of carbonyl (C=O) groups excluding carboxylic acids is 3. The normalized spacial score (nSPS) is 30.1. The molecule has 2 aromatic carbocycles. The maximum atomic E-state index is 13.2. The van der Waals surface area contributed by atoms with E-state index >= 15 is 0 Å². The molecule has 23 heteroatoms. The zero-order valence-electron chi connectivity index (χ0n) is 32.8. The lowest BCUT2D eigenvalue weighted by molar-refractivity contribution is -0.385. The van der Waals surface area contributed by atoms with Gasteiger partial charge in [-0.25, -0.2) is 9.59 Å². The van der Waals surface area contributed by atoms with Gasteiger partial charge in [-0.05, 0) is 68.3 Å². The van der Waals surface area contributed by atoms with Crippen LogP contribution >= 0.6 is 0 Å². The minimum absolute atomic E-state index is 0.0668. The molecule has 0 spiro atoms. The number of amides is 3. The molecule has 5 rings (SSSR count). The molecule has 2 heterocycles. The highest BCUT2D eigenvalue weighted by Crippen LogP contribution is 2.32.